The number of rotatable bonds is 5. The molecule has 0 atom stereocenters. The van der Waals surface area contributed by atoms with Crippen LogP contribution < -0.4 is 5.32 Å². The van der Waals surface area contributed by atoms with Crippen molar-refractivity contribution >= 4 is 27.9 Å². The summed E-state index contributed by atoms with van der Waals surface area (Å²) in [4.78, 5) is 20.2. The Morgan fingerprint density at radius 1 is 1.33 bits per heavy atom. The zero-order chi connectivity index (χ0) is 16.6. The van der Waals surface area contributed by atoms with Crippen molar-refractivity contribution in [3.05, 3.63) is 51.8 Å². The van der Waals surface area contributed by atoms with Crippen molar-refractivity contribution in [1.82, 2.24) is 14.4 Å². The first-order valence-electron chi connectivity index (χ1n) is 7.94. The molecule has 1 saturated carbocycles. The van der Waals surface area contributed by atoms with Crippen LogP contribution in [0.2, 0.25) is 0 Å². The van der Waals surface area contributed by atoms with Gasteiger partial charge in [0.15, 0.2) is 0 Å². The molecule has 124 valence electrons. The van der Waals surface area contributed by atoms with E-state index in [0.29, 0.717) is 17.3 Å². The largest absolute Gasteiger partial charge is 0.372 e. The van der Waals surface area contributed by atoms with E-state index in [1.165, 1.54) is 34.1 Å². The normalized spacial score (nSPS) is 16.5. The quantitative estimate of drug-likeness (QED) is 0.565. The lowest BCUT2D eigenvalue weighted by Crippen LogP contribution is -2.31. The maximum Gasteiger partial charge on any atom is 0.372 e. The summed E-state index contributed by atoms with van der Waals surface area (Å²) in [6.07, 6.45) is 9.79. The van der Waals surface area contributed by atoms with Crippen molar-refractivity contribution < 1.29 is 4.92 Å². The van der Waals surface area contributed by atoms with Gasteiger partial charge in [-0.2, -0.15) is 9.38 Å². The summed E-state index contributed by atoms with van der Waals surface area (Å²) in [5.41, 5.74) is 1.24. The van der Waals surface area contributed by atoms with Crippen molar-refractivity contribution in [2.24, 2.45) is 0 Å². The molecule has 8 heteroatoms. The molecule has 3 aromatic rings. The molecule has 0 unspecified atom stereocenters. The van der Waals surface area contributed by atoms with Crippen molar-refractivity contribution in [1.29, 1.82) is 0 Å². The van der Waals surface area contributed by atoms with Crippen LogP contribution in [0.3, 0.4) is 0 Å². The number of aromatic nitrogens is 3. The summed E-state index contributed by atoms with van der Waals surface area (Å²) in [6.45, 7) is 0.642. The highest BCUT2D eigenvalue weighted by molar-refractivity contribution is 7.15. The molecule has 3 heterocycles. The topological polar surface area (TPSA) is 85.4 Å². The molecule has 1 aliphatic rings. The van der Waals surface area contributed by atoms with Gasteiger partial charge in [-0.05, 0) is 35.5 Å². The molecule has 4 rings (SSSR count). The fourth-order valence-corrected chi connectivity index (χ4v) is 4.35. The molecule has 0 aromatic carbocycles. The van der Waals surface area contributed by atoms with Crippen LogP contribution in [0.4, 0.5) is 11.6 Å². The standard InChI is InChI=1S/C16H17N5O2S/c22-21(23)14-13(19-15-20(14)9-10-24-15)18-11-16(5-1-2-6-16)12-3-7-17-8-4-12/h3-4,7-10,18H,1-2,5-6,11H2. The predicted molar refractivity (Wildman–Crippen MR) is 92.6 cm³/mol. The van der Waals surface area contributed by atoms with Crippen LogP contribution in [0.25, 0.3) is 4.96 Å². The van der Waals surface area contributed by atoms with Gasteiger partial charge in [-0.25, -0.2) is 0 Å². The molecule has 0 saturated heterocycles. The first kappa shape index (κ1) is 15.1. The third kappa shape index (κ3) is 2.43. The number of thiazole rings is 1. The number of imidazole rings is 1. The summed E-state index contributed by atoms with van der Waals surface area (Å²) < 4.78 is 1.53. The monoisotopic (exact) mass is 343 g/mol. The number of nitrogens with zero attached hydrogens (tertiary/aromatic N) is 4. The first-order valence-corrected chi connectivity index (χ1v) is 8.82. The lowest BCUT2D eigenvalue weighted by atomic mass is 9.79. The van der Waals surface area contributed by atoms with Crippen LogP contribution in [0, 0.1) is 10.1 Å². The summed E-state index contributed by atoms with van der Waals surface area (Å²) in [6, 6.07) is 4.10. The number of hydrogen-bond acceptors (Lipinski definition) is 6. The summed E-state index contributed by atoms with van der Waals surface area (Å²) >= 11 is 1.39. The first-order chi connectivity index (χ1) is 11.7. The second-order valence-electron chi connectivity index (χ2n) is 6.17. The van der Waals surface area contributed by atoms with Gasteiger partial charge >= 0.3 is 5.82 Å². The van der Waals surface area contributed by atoms with Crippen LogP contribution in [0.5, 0.6) is 0 Å². The van der Waals surface area contributed by atoms with Crippen molar-refractivity contribution in [2.45, 2.75) is 31.1 Å². The summed E-state index contributed by atoms with van der Waals surface area (Å²) in [7, 11) is 0. The van der Waals surface area contributed by atoms with Crippen LogP contribution in [0.1, 0.15) is 31.2 Å². The van der Waals surface area contributed by atoms with E-state index in [2.05, 4.69) is 15.3 Å². The zero-order valence-corrected chi connectivity index (χ0v) is 13.8. The van der Waals surface area contributed by atoms with Gasteiger partial charge < -0.3 is 15.4 Å². The zero-order valence-electron chi connectivity index (χ0n) is 13.0. The second-order valence-corrected chi connectivity index (χ2v) is 7.05. The number of fused-ring (bicyclic) bond motifs is 1. The van der Waals surface area contributed by atoms with E-state index in [9.17, 15) is 10.1 Å². The number of nitrogens with one attached hydrogen (secondary N) is 1. The predicted octanol–water partition coefficient (Wildman–Crippen LogP) is 3.62. The Kier molecular flexibility index (Phi) is 3.68. The Balaban J connectivity index is 1.65. The maximum absolute atomic E-state index is 11.4. The molecule has 0 radical (unpaired) electrons. The van der Waals surface area contributed by atoms with Gasteiger partial charge in [0.25, 0.3) is 4.96 Å². The molecule has 0 spiro atoms. The lowest BCUT2D eigenvalue weighted by molar-refractivity contribution is -0.389. The van der Waals surface area contributed by atoms with Crippen molar-refractivity contribution in [3.63, 3.8) is 0 Å². The van der Waals surface area contributed by atoms with E-state index in [0.717, 1.165) is 12.8 Å². The molecular formula is C16H17N5O2S. The Morgan fingerprint density at radius 3 is 2.79 bits per heavy atom. The highest BCUT2D eigenvalue weighted by Crippen LogP contribution is 2.41. The van der Waals surface area contributed by atoms with Gasteiger partial charge in [0.2, 0.25) is 5.82 Å². The average Bonchev–Trinajstić information content (AvgIpc) is 3.29. The van der Waals surface area contributed by atoms with Gasteiger partial charge in [-0.3, -0.25) is 4.98 Å². The van der Waals surface area contributed by atoms with Crippen LogP contribution in [-0.4, -0.2) is 25.8 Å². The molecule has 1 fully saturated rings. The minimum atomic E-state index is -0.372. The van der Waals surface area contributed by atoms with Gasteiger partial charge in [0.05, 0.1) is 0 Å². The average molecular weight is 343 g/mol. The molecule has 0 aliphatic heterocycles. The molecule has 7 nitrogen and oxygen atoms in total. The SMILES string of the molecule is O=[N+]([O-])c1c(NCC2(c3ccncc3)CCCC2)nc2sccn12. The Morgan fingerprint density at radius 2 is 2.08 bits per heavy atom. The van der Waals surface area contributed by atoms with Crippen LogP contribution in [-0.2, 0) is 5.41 Å². The van der Waals surface area contributed by atoms with E-state index in [4.69, 9.17) is 0 Å². The molecule has 0 bridgehead atoms. The lowest BCUT2D eigenvalue weighted by Gasteiger charge is -2.29. The summed E-state index contributed by atoms with van der Waals surface area (Å²) in [5, 5.41) is 16.5. The Bertz CT molecular complexity index is 867. The molecule has 0 amide bonds. The van der Waals surface area contributed by atoms with Gasteiger partial charge in [-0.15, -0.1) is 0 Å². The van der Waals surface area contributed by atoms with Crippen molar-refractivity contribution in [3.8, 4) is 0 Å². The number of pyridine rings is 1. The van der Waals surface area contributed by atoms with Crippen LogP contribution >= 0.6 is 11.3 Å². The number of nitro groups is 1. The smallest absolute Gasteiger partial charge is 0.362 e. The Labute approximate surface area is 142 Å². The number of anilines is 1. The molecular weight excluding hydrogens is 326 g/mol. The second kappa shape index (κ2) is 5.86. The minimum Gasteiger partial charge on any atom is -0.362 e. The van der Waals surface area contributed by atoms with Gasteiger partial charge in [0, 0.05) is 29.7 Å². The maximum atomic E-state index is 11.4. The van der Waals surface area contributed by atoms with Gasteiger partial charge in [0.1, 0.15) is 6.20 Å². The van der Waals surface area contributed by atoms with Gasteiger partial charge in [-0.1, -0.05) is 24.2 Å². The van der Waals surface area contributed by atoms with Crippen LogP contribution in [0.15, 0.2) is 36.1 Å². The fraction of sp³-hybridized carbons (Fsp3) is 0.375. The highest BCUT2D eigenvalue weighted by Gasteiger charge is 2.36. The third-order valence-electron chi connectivity index (χ3n) is 4.86. The third-order valence-corrected chi connectivity index (χ3v) is 5.61. The highest BCUT2D eigenvalue weighted by atomic mass is 32.1. The van der Waals surface area contributed by atoms with Crippen molar-refractivity contribution in [2.75, 3.05) is 11.9 Å². The van der Waals surface area contributed by atoms with E-state index >= 15 is 0 Å². The summed E-state index contributed by atoms with van der Waals surface area (Å²) in [5.74, 6) is 0.362. The van der Waals surface area contributed by atoms with E-state index in [1.54, 1.807) is 11.6 Å². The Hall–Kier alpha value is -2.48. The molecule has 1 N–H and O–H groups in total. The van der Waals surface area contributed by atoms with E-state index in [1.807, 2.05) is 24.5 Å². The van der Waals surface area contributed by atoms with E-state index in [-0.39, 0.29) is 16.2 Å². The molecule has 24 heavy (non-hydrogen) atoms. The molecule has 1 aliphatic carbocycles. The minimum absolute atomic E-state index is 0.00610. The van der Waals surface area contributed by atoms with E-state index < -0.39 is 0 Å². The number of hydrogen-bond donors (Lipinski definition) is 1. The molecule has 3 aromatic heterocycles. The fourth-order valence-electron chi connectivity index (χ4n) is 3.64.